The third-order valence-electron chi connectivity index (χ3n) is 3.67. The Hall–Kier alpha value is -1.59. The van der Waals surface area contributed by atoms with Crippen LogP contribution in [0.25, 0.3) is 0 Å². The quantitative estimate of drug-likeness (QED) is 0.933. The van der Waals surface area contributed by atoms with Gasteiger partial charge >= 0.3 is 0 Å². The number of fused-ring (bicyclic) bond motifs is 1. The summed E-state index contributed by atoms with van der Waals surface area (Å²) in [4.78, 5) is 16.6. The van der Waals surface area contributed by atoms with Crippen LogP contribution in [0.4, 0.5) is 0 Å². The first-order valence-corrected chi connectivity index (χ1v) is 8.43. The van der Waals surface area contributed by atoms with Gasteiger partial charge in [-0.05, 0) is 25.0 Å². The highest BCUT2D eigenvalue weighted by atomic mass is 35.5. The van der Waals surface area contributed by atoms with Gasteiger partial charge in [-0.1, -0.05) is 29.8 Å². The molecule has 4 nitrogen and oxygen atoms in total. The maximum Gasteiger partial charge on any atom is 0.226 e. The molecule has 0 fully saturated rings. The second-order valence-electron chi connectivity index (χ2n) is 5.33. The topological polar surface area (TPSA) is 51.2 Å². The molecule has 0 radical (unpaired) electrons. The Bertz CT molecular complexity index is 667. The number of ether oxygens (including phenoxy) is 1. The van der Waals surface area contributed by atoms with Crippen LogP contribution < -0.4 is 10.1 Å². The van der Waals surface area contributed by atoms with Crippen molar-refractivity contribution in [2.24, 2.45) is 5.92 Å². The molecule has 2 aromatic rings. The van der Waals surface area contributed by atoms with Gasteiger partial charge < -0.3 is 10.1 Å². The van der Waals surface area contributed by atoms with E-state index in [1.165, 1.54) is 11.3 Å². The second-order valence-corrected chi connectivity index (χ2v) is 7.01. The van der Waals surface area contributed by atoms with E-state index >= 15 is 0 Å². The van der Waals surface area contributed by atoms with Crippen molar-refractivity contribution in [3.8, 4) is 5.75 Å². The molecular weight excluding hydrogens is 320 g/mol. The van der Waals surface area contributed by atoms with E-state index in [0.717, 1.165) is 32.8 Å². The van der Waals surface area contributed by atoms with Crippen molar-refractivity contribution in [2.45, 2.75) is 19.8 Å². The van der Waals surface area contributed by atoms with Gasteiger partial charge in [-0.15, -0.1) is 11.3 Å². The van der Waals surface area contributed by atoms with E-state index in [2.05, 4.69) is 10.3 Å². The maximum atomic E-state index is 12.2. The van der Waals surface area contributed by atoms with Crippen molar-refractivity contribution in [1.82, 2.24) is 10.3 Å². The van der Waals surface area contributed by atoms with Crippen LogP contribution in [0.5, 0.6) is 5.75 Å². The number of carbonyl (C=O) groups is 1. The number of benzene rings is 1. The molecule has 2 heterocycles. The Labute approximate surface area is 138 Å². The van der Waals surface area contributed by atoms with Crippen molar-refractivity contribution >= 4 is 28.8 Å². The highest BCUT2D eigenvalue weighted by molar-refractivity contribution is 7.16. The van der Waals surface area contributed by atoms with Crippen LogP contribution in [-0.4, -0.2) is 24.0 Å². The first-order chi connectivity index (χ1) is 10.6. The number of para-hydroxylation sites is 1. The van der Waals surface area contributed by atoms with Gasteiger partial charge in [-0.25, -0.2) is 4.98 Å². The molecule has 0 aliphatic carbocycles. The summed E-state index contributed by atoms with van der Waals surface area (Å²) in [5.74, 6) is 0.796. The molecule has 22 heavy (non-hydrogen) atoms. The Kier molecular flexibility index (Phi) is 4.64. The molecule has 0 saturated carbocycles. The summed E-state index contributed by atoms with van der Waals surface area (Å²) in [6.45, 7) is 2.89. The molecule has 3 rings (SSSR count). The van der Waals surface area contributed by atoms with E-state index in [-0.39, 0.29) is 11.8 Å². The Morgan fingerprint density at radius 2 is 2.32 bits per heavy atom. The fourth-order valence-electron chi connectivity index (χ4n) is 2.47. The molecule has 0 bridgehead atoms. The molecule has 1 aliphatic rings. The Morgan fingerprint density at radius 3 is 3.09 bits per heavy atom. The number of hydrogen-bond acceptors (Lipinski definition) is 4. The number of hydrogen-bond donors (Lipinski definition) is 1. The zero-order chi connectivity index (χ0) is 15.5. The molecule has 1 aromatic carbocycles. The zero-order valence-electron chi connectivity index (χ0n) is 12.3. The molecule has 6 heteroatoms. The zero-order valence-corrected chi connectivity index (χ0v) is 13.8. The Morgan fingerprint density at radius 1 is 1.50 bits per heavy atom. The lowest BCUT2D eigenvalue weighted by atomic mass is 9.96. The van der Waals surface area contributed by atoms with Crippen LogP contribution in [0, 0.1) is 12.8 Å². The highest BCUT2D eigenvalue weighted by Gasteiger charge is 2.25. The van der Waals surface area contributed by atoms with Crippen molar-refractivity contribution in [3.63, 3.8) is 0 Å². The molecule has 1 atom stereocenters. The molecule has 1 aliphatic heterocycles. The Balaban J connectivity index is 1.50. The fraction of sp³-hybridized carbons (Fsp3) is 0.375. The van der Waals surface area contributed by atoms with E-state index in [1.807, 2.05) is 31.2 Å². The minimum atomic E-state index is -0.128. The predicted octanol–water partition coefficient (Wildman–Crippen LogP) is 3.01. The number of thiazole rings is 1. The molecule has 116 valence electrons. The number of halogens is 1. The molecule has 1 amide bonds. The van der Waals surface area contributed by atoms with Crippen LogP contribution in [0.1, 0.15) is 16.3 Å². The second kappa shape index (κ2) is 6.67. The largest absolute Gasteiger partial charge is 0.492 e. The summed E-state index contributed by atoms with van der Waals surface area (Å²) in [5.41, 5.74) is 1.95. The molecule has 0 saturated heterocycles. The number of nitrogens with zero attached hydrogens (tertiary/aromatic N) is 1. The van der Waals surface area contributed by atoms with E-state index < -0.39 is 0 Å². The lowest BCUT2D eigenvalue weighted by Crippen LogP contribution is -2.38. The maximum absolute atomic E-state index is 12.2. The van der Waals surface area contributed by atoms with Crippen LogP contribution in [0.15, 0.2) is 24.3 Å². The van der Waals surface area contributed by atoms with E-state index in [9.17, 15) is 4.79 Å². The summed E-state index contributed by atoms with van der Waals surface area (Å²) < 4.78 is 6.37. The molecule has 0 spiro atoms. The van der Waals surface area contributed by atoms with Crippen LogP contribution in [0.3, 0.4) is 0 Å². The summed E-state index contributed by atoms with van der Waals surface area (Å²) in [5, 5.41) is 3.92. The SMILES string of the molecule is Cc1nc(CCNC(=O)C2COc3ccccc3C2)sc1Cl. The van der Waals surface area contributed by atoms with E-state index in [0.29, 0.717) is 19.6 Å². The van der Waals surface area contributed by atoms with Gasteiger partial charge in [-0.2, -0.15) is 0 Å². The smallest absolute Gasteiger partial charge is 0.226 e. The molecular formula is C16H17ClN2O2S. The number of carbonyl (C=O) groups excluding carboxylic acids is 1. The monoisotopic (exact) mass is 336 g/mol. The first kappa shape index (κ1) is 15.3. The summed E-state index contributed by atoms with van der Waals surface area (Å²) in [6, 6.07) is 7.87. The average molecular weight is 337 g/mol. The minimum Gasteiger partial charge on any atom is -0.492 e. The van der Waals surface area contributed by atoms with Gasteiger partial charge in [0.1, 0.15) is 16.7 Å². The van der Waals surface area contributed by atoms with Crippen molar-refractivity contribution < 1.29 is 9.53 Å². The minimum absolute atomic E-state index is 0.0360. The third-order valence-corrected chi connectivity index (χ3v) is 5.18. The molecule has 1 N–H and O–H groups in total. The van der Waals surface area contributed by atoms with Crippen LogP contribution in [-0.2, 0) is 17.6 Å². The van der Waals surface area contributed by atoms with Crippen molar-refractivity contribution in [3.05, 3.63) is 44.9 Å². The standard InChI is InChI=1S/C16H17ClN2O2S/c1-10-15(17)22-14(19-10)6-7-18-16(20)12-8-11-4-2-3-5-13(11)21-9-12/h2-5,12H,6-9H2,1H3,(H,18,20). The summed E-state index contributed by atoms with van der Waals surface area (Å²) >= 11 is 7.46. The molecule has 1 unspecified atom stereocenters. The van der Waals surface area contributed by atoms with E-state index in [1.54, 1.807) is 0 Å². The summed E-state index contributed by atoms with van der Waals surface area (Å²) in [7, 11) is 0. The van der Waals surface area contributed by atoms with Gasteiger partial charge in [0.25, 0.3) is 0 Å². The van der Waals surface area contributed by atoms with Gasteiger partial charge in [0.15, 0.2) is 0 Å². The number of aryl methyl sites for hydroxylation is 1. The van der Waals surface area contributed by atoms with Crippen molar-refractivity contribution in [1.29, 1.82) is 0 Å². The number of aromatic nitrogens is 1. The lowest BCUT2D eigenvalue weighted by Gasteiger charge is -2.24. The van der Waals surface area contributed by atoms with Gasteiger partial charge in [-0.3, -0.25) is 4.79 Å². The van der Waals surface area contributed by atoms with Gasteiger partial charge in [0.05, 0.1) is 16.6 Å². The number of amides is 1. The third kappa shape index (κ3) is 3.42. The average Bonchev–Trinajstić information content (AvgIpc) is 2.85. The number of rotatable bonds is 4. The highest BCUT2D eigenvalue weighted by Crippen LogP contribution is 2.27. The van der Waals surface area contributed by atoms with E-state index in [4.69, 9.17) is 16.3 Å². The molecule has 1 aromatic heterocycles. The van der Waals surface area contributed by atoms with Crippen LogP contribution >= 0.6 is 22.9 Å². The predicted molar refractivity (Wildman–Crippen MR) is 87.7 cm³/mol. The van der Waals surface area contributed by atoms with Crippen LogP contribution in [0.2, 0.25) is 4.34 Å². The van der Waals surface area contributed by atoms with Crippen molar-refractivity contribution in [2.75, 3.05) is 13.2 Å². The fourth-order valence-corrected chi connectivity index (χ4v) is 3.57. The van der Waals surface area contributed by atoms with Gasteiger partial charge in [0.2, 0.25) is 5.91 Å². The van der Waals surface area contributed by atoms with Gasteiger partial charge in [0, 0.05) is 13.0 Å². The lowest BCUT2D eigenvalue weighted by molar-refractivity contribution is -0.126. The normalized spacial score (nSPS) is 16.7. The first-order valence-electron chi connectivity index (χ1n) is 7.23. The number of nitrogens with one attached hydrogen (secondary N) is 1. The summed E-state index contributed by atoms with van der Waals surface area (Å²) in [6.07, 6.45) is 1.43.